The molecule has 0 fully saturated rings. The van der Waals surface area contributed by atoms with Gasteiger partial charge in [0, 0.05) is 37.3 Å². The summed E-state index contributed by atoms with van der Waals surface area (Å²) in [7, 11) is 4.98. The van der Waals surface area contributed by atoms with E-state index in [4.69, 9.17) is 21.1 Å². The Balaban J connectivity index is 1.58. The molecule has 3 aromatic carbocycles. The van der Waals surface area contributed by atoms with Crippen molar-refractivity contribution in [2.24, 2.45) is 0 Å². The number of hydrogen-bond donors (Lipinski definition) is 3. The molecule has 0 saturated heterocycles. The second kappa shape index (κ2) is 14.0. The lowest BCUT2D eigenvalue weighted by Gasteiger charge is -2.18. The Morgan fingerprint density at radius 1 is 1.09 bits per heavy atom. The zero-order valence-electron chi connectivity index (χ0n) is 23.7. The molecule has 1 aliphatic heterocycles. The summed E-state index contributed by atoms with van der Waals surface area (Å²) in [5, 5.41) is 8.18. The summed E-state index contributed by atoms with van der Waals surface area (Å²) in [6.07, 6.45) is -0.0514. The molecular formula is C30H30ClFN4O7. The molecule has 0 unspecified atom stereocenters. The predicted molar refractivity (Wildman–Crippen MR) is 158 cm³/mol. The van der Waals surface area contributed by atoms with E-state index in [0.717, 1.165) is 11.8 Å². The highest BCUT2D eigenvalue weighted by Crippen LogP contribution is 2.37. The fraction of sp³-hybridized carbons (Fsp3) is 0.267. The number of nitrogens with zero attached hydrogens (tertiary/aromatic N) is 1. The van der Waals surface area contributed by atoms with Crippen LogP contribution < -0.4 is 25.6 Å². The highest BCUT2D eigenvalue weighted by molar-refractivity contribution is 6.31. The van der Waals surface area contributed by atoms with Gasteiger partial charge in [-0.2, -0.15) is 0 Å². The van der Waals surface area contributed by atoms with Crippen molar-refractivity contribution in [3.63, 3.8) is 0 Å². The molecule has 0 aliphatic carbocycles. The van der Waals surface area contributed by atoms with E-state index in [9.17, 15) is 23.6 Å². The molecule has 43 heavy (non-hydrogen) atoms. The molecule has 0 bridgehead atoms. The van der Waals surface area contributed by atoms with Gasteiger partial charge < -0.3 is 35.1 Å². The number of ether oxygens (including phenoxy) is 3. The molecule has 0 radical (unpaired) electrons. The van der Waals surface area contributed by atoms with Gasteiger partial charge in [-0.15, -0.1) is 0 Å². The monoisotopic (exact) mass is 612 g/mol. The van der Waals surface area contributed by atoms with E-state index in [1.54, 1.807) is 18.2 Å². The van der Waals surface area contributed by atoms with Crippen molar-refractivity contribution in [1.29, 1.82) is 0 Å². The van der Waals surface area contributed by atoms with Gasteiger partial charge in [-0.05, 0) is 48.4 Å². The molecule has 1 aliphatic rings. The Kier molecular flexibility index (Phi) is 10.2. The number of nitrogens with one attached hydrogen (secondary N) is 3. The van der Waals surface area contributed by atoms with Crippen LogP contribution in [0.3, 0.4) is 0 Å². The Hall–Kier alpha value is -4.68. The number of amides is 3. The van der Waals surface area contributed by atoms with Crippen molar-refractivity contribution in [2.45, 2.75) is 25.5 Å². The van der Waals surface area contributed by atoms with Crippen molar-refractivity contribution in [1.82, 2.24) is 5.32 Å². The number of fused-ring (bicyclic) bond motifs is 1. The van der Waals surface area contributed by atoms with Crippen molar-refractivity contribution >= 4 is 52.4 Å². The van der Waals surface area contributed by atoms with E-state index in [-0.39, 0.29) is 53.8 Å². The molecule has 226 valence electrons. The van der Waals surface area contributed by atoms with Crippen LogP contribution in [-0.4, -0.2) is 57.5 Å². The molecule has 0 spiro atoms. The number of anilines is 3. The average molecular weight is 613 g/mol. The minimum atomic E-state index is -0.995. The van der Waals surface area contributed by atoms with Crippen molar-refractivity contribution in [3.8, 4) is 11.5 Å². The van der Waals surface area contributed by atoms with Gasteiger partial charge in [-0.3, -0.25) is 19.2 Å². The van der Waals surface area contributed by atoms with Crippen LogP contribution in [0, 0.1) is 5.82 Å². The molecule has 0 saturated carbocycles. The first-order chi connectivity index (χ1) is 20.5. The molecule has 1 atom stereocenters. The summed E-state index contributed by atoms with van der Waals surface area (Å²) in [4.78, 5) is 52.4. The van der Waals surface area contributed by atoms with Gasteiger partial charge in [0.05, 0.1) is 30.7 Å². The third-order valence-electron chi connectivity index (χ3n) is 6.45. The number of benzene rings is 3. The lowest BCUT2D eigenvalue weighted by molar-refractivity contribution is -0.140. The quantitative estimate of drug-likeness (QED) is 0.270. The number of methoxy groups -OCH3 is 1. The van der Waals surface area contributed by atoms with Gasteiger partial charge in [0.15, 0.2) is 5.75 Å². The van der Waals surface area contributed by atoms with Crippen LogP contribution in [0.25, 0.3) is 0 Å². The van der Waals surface area contributed by atoms with Crippen LogP contribution in [0.5, 0.6) is 11.5 Å². The third kappa shape index (κ3) is 8.21. The van der Waals surface area contributed by atoms with E-state index in [2.05, 4.69) is 20.7 Å². The summed E-state index contributed by atoms with van der Waals surface area (Å²) in [6, 6.07) is 12.8. The molecule has 13 heteroatoms. The Morgan fingerprint density at radius 3 is 2.60 bits per heavy atom. The first kappa shape index (κ1) is 31.3. The van der Waals surface area contributed by atoms with Gasteiger partial charge in [0.1, 0.15) is 24.2 Å². The maximum absolute atomic E-state index is 13.3. The minimum absolute atomic E-state index is 0.0257. The highest BCUT2D eigenvalue weighted by Gasteiger charge is 2.30. The number of hydrogen-bond acceptors (Lipinski definition) is 8. The highest BCUT2D eigenvalue weighted by atomic mass is 35.5. The van der Waals surface area contributed by atoms with Gasteiger partial charge in [-0.25, -0.2) is 4.39 Å². The topological polar surface area (TPSA) is 135 Å². The van der Waals surface area contributed by atoms with Gasteiger partial charge in [-0.1, -0.05) is 23.7 Å². The number of rotatable bonds is 11. The van der Waals surface area contributed by atoms with E-state index < -0.39 is 35.5 Å². The standard InChI is InChI=1S/C30H30ClFN4O7/c1-36(2)19-5-4-6-20(12-19)43-26-13-21-24(35-30(40)23(34-29(21)39)9-10-28(38)41-3)14-25(26)33-27(37)16-42-15-17-7-8-18(32)11-22(17)31/h4-8,11-14,23H,9-10,15-16H2,1-3H3,(H,33,37)(H,34,39)(H,35,40)/t23-/m1/s1. The van der Waals surface area contributed by atoms with Crippen LogP contribution in [0.2, 0.25) is 5.02 Å². The molecule has 1 heterocycles. The molecule has 4 rings (SSSR count). The lowest BCUT2D eigenvalue weighted by Crippen LogP contribution is -2.41. The van der Waals surface area contributed by atoms with Crippen molar-refractivity contribution in [3.05, 3.63) is 76.6 Å². The first-order valence-corrected chi connectivity index (χ1v) is 13.5. The largest absolute Gasteiger partial charge is 0.469 e. The average Bonchev–Trinajstić information content (AvgIpc) is 3.08. The Labute approximate surface area is 252 Å². The second-order valence-electron chi connectivity index (χ2n) is 9.79. The van der Waals surface area contributed by atoms with E-state index >= 15 is 0 Å². The van der Waals surface area contributed by atoms with Gasteiger partial charge >= 0.3 is 5.97 Å². The summed E-state index contributed by atoms with van der Waals surface area (Å²) in [6.45, 7) is -0.427. The number of carbonyl (C=O) groups excluding carboxylic acids is 4. The van der Waals surface area contributed by atoms with Crippen LogP contribution in [0.4, 0.5) is 21.5 Å². The molecule has 3 N–H and O–H groups in total. The summed E-state index contributed by atoms with van der Waals surface area (Å²) < 4.78 is 29.5. The van der Waals surface area contributed by atoms with Gasteiger partial charge in [0.25, 0.3) is 5.91 Å². The molecule has 0 aromatic heterocycles. The fourth-order valence-electron chi connectivity index (χ4n) is 4.17. The van der Waals surface area contributed by atoms with Crippen molar-refractivity contribution in [2.75, 3.05) is 43.3 Å². The van der Waals surface area contributed by atoms with Crippen molar-refractivity contribution < 1.29 is 37.8 Å². The van der Waals surface area contributed by atoms with Gasteiger partial charge in [0.2, 0.25) is 11.8 Å². The number of halogens is 2. The van der Waals surface area contributed by atoms with E-state index in [0.29, 0.717) is 11.3 Å². The third-order valence-corrected chi connectivity index (χ3v) is 6.80. The summed E-state index contributed by atoms with van der Waals surface area (Å²) in [5.41, 5.74) is 1.73. The first-order valence-electron chi connectivity index (χ1n) is 13.2. The second-order valence-corrected chi connectivity index (χ2v) is 10.2. The van der Waals surface area contributed by atoms with E-state index in [1.165, 1.54) is 31.4 Å². The SMILES string of the molecule is COC(=O)CC[C@H]1NC(=O)c2cc(Oc3cccc(N(C)C)c3)c(NC(=O)COCc3ccc(F)cc3Cl)cc2NC1=O. The number of esters is 1. The molecule has 3 amide bonds. The lowest BCUT2D eigenvalue weighted by atomic mass is 10.1. The zero-order valence-corrected chi connectivity index (χ0v) is 24.4. The predicted octanol–water partition coefficient (Wildman–Crippen LogP) is 4.50. The summed E-state index contributed by atoms with van der Waals surface area (Å²) in [5.74, 6) is -2.14. The Morgan fingerprint density at radius 2 is 1.88 bits per heavy atom. The van der Waals surface area contributed by atoms with E-state index in [1.807, 2.05) is 25.1 Å². The molecular weight excluding hydrogens is 583 g/mol. The molecule has 3 aromatic rings. The summed E-state index contributed by atoms with van der Waals surface area (Å²) >= 11 is 6.03. The normalized spacial score (nSPS) is 14.1. The van der Waals surface area contributed by atoms with Crippen LogP contribution in [0.15, 0.2) is 54.6 Å². The smallest absolute Gasteiger partial charge is 0.305 e. The van der Waals surface area contributed by atoms with Crippen LogP contribution in [0.1, 0.15) is 28.8 Å². The Bertz CT molecular complexity index is 1550. The maximum Gasteiger partial charge on any atom is 0.305 e. The molecule has 11 nitrogen and oxygen atoms in total. The maximum atomic E-state index is 13.3. The number of carbonyl (C=O) groups is 4. The minimum Gasteiger partial charge on any atom is -0.469 e. The fourth-order valence-corrected chi connectivity index (χ4v) is 4.39. The van der Waals surface area contributed by atoms with Crippen LogP contribution >= 0.6 is 11.6 Å². The zero-order chi connectivity index (χ0) is 31.1. The van der Waals surface area contributed by atoms with Crippen LogP contribution in [-0.2, 0) is 30.5 Å².